The standard InChI is InChI=1S/C25H29N5O2/c1-25(2,3)30-24(26-27-28-30)23(20-12-14-21(31-4)15-13-20)29(18-22-11-8-16-32-22)17-19-9-6-5-7-10-19/h5-16,23H,17-18H2,1-4H3/t23-/m0/s1. The Labute approximate surface area is 188 Å². The van der Waals surface area contributed by atoms with E-state index in [1.165, 1.54) is 5.56 Å². The van der Waals surface area contributed by atoms with Gasteiger partial charge in [-0.1, -0.05) is 42.5 Å². The van der Waals surface area contributed by atoms with Gasteiger partial charge in [-0.25, -0.2) is 4.68 Å². The van der Waals surface area contributed by atoms with E-state index in [0.717, 1.165) is 22.9 Å². The zero-order valence-electron chi connectivity index (χ0n) is 19.0. The summed E-state index contributed by atoms with van der Waals surface area (Å²) in [6.07, 6.45) is 1.71. The van der Waals surface area contributed by atoms with Crippen LogP contribution in [-0.4, -0.2) is 32.2 Å². The fourth-order valence-electron chi connectivity index (χ4n) is 3.81. The summed E-state index contributed by atoms with van der Waals surface area (Å²) in [5.41, 5.74) is 2.01. The van der Waals surface area contributed by atoms with Gasteiger partial charge in [0, 0.05) is 6.54 Å². The second-order valence-electron chi connectivity index (χ2n) is 8.77. The molecule has 166 valence electrons. The predicted molar refractivity (Wildman–Crippen MR) is 122 cm³/mol. The summed E-state index contributed by atoms with van der Waals surface area (Å²) in [6.45, 7) is 7.62. The van der Waals surface area contributed by atoms with Crippen LogP contribution in [0, 0.1) is 0 Å². The Morgan fingerprint density at radius 2 is 1.72 bits per heavy atom. The smallest absolute Gasteiger partial charge is 0.173 e. The third kappa shape index (κ3) is 4.89. The molecule has 0 saturated heterocycles. The fourth-order valence-corrected chi connectivity index (χ4v) is 3.81. The van der Waals surface area contributed by atoms with Gasteiger partial charge in [-0.3, -0.25) is 4.90 Å². The monoisotopic (exact) mass is 431 g/mol. The number of rotatable bonds is 8. The number of furan rings is 1. The summed E-state index contributed by atoms with van der Waals surface area (Å²) >= 11 is 0. The van der Waals surface area contributed by atoms with Crippen LogP contribution in [-0.2, 0) is 18.6 Å². The van der Waals surface area contributed by atoms with Gasteiger partial charge in [0.25, 0.3) is 0 Å². The van der Waals surface area contributed by atoms with Gasteiger partial charge < -0.3 is 9.15 Å². The van der Waals surface area contributed by atoms with Crippen LogP contribution >= 0.6 is 0 Å². The summed E-state index contributed by atoms with van der Waals surface area (Å²) in [5.74, 6) is 2.47. The molecule has 2 aromatic carbocycles. The first-order chi connectivity index (χ1) is 15.5. The second-order valence-corrected chi connectivity index (χ2v) is 8.77. The molecule has 0 aliphatic carbocycles. The number of benzene rings is 2. The molecule has 1 atom stereocenters. The van der Waals surface area contributed by atoms with Crippen LogP contribution in [0.1, 0.15) is 49.5 Å². The number of ether oxygens (including phenoxy) is 1. The van der Waals surface area contributed by atoms with E-state index < -0.39 is 0 Å². The first-order valence-electron chi connectivity index (χ1n) is 10.7. The van der Waals surface area contributed by atoms with Crippen LogP contribution in [0.25, 0.3) is 0 Å². The molecule has 2 heterocycles. The van der Waals surface area contributed by atoms with E-state index in [-0.39, 0.29) is 11.6 Å². The van der Waals surface area contributed by atoms with E-state index in [0.29, 0.717) is 13.1 Å². The van der Waals surface area contributed by atoms with E-state index in [1.54, 1.807) is 13.4 Å². The first-order valence-corrected chi connectivity index (χ1v) is 10.7. The van der Waals surface area contributed by atoms with Crippen molar-refractivity contribution in [2.45, 2.75) is 45.4 Å². The van der Waals surface area contributed by atoms with Crippen molar-refractivity contribution < 1.29 is 9.15 Å². The molecule has 32 heavy (non-hydrogen) atoms. The molecule has 0 spiro atoms. The van der Waals surface area contributed by atoms with Crippen molar-refractivity contribution in [3.63, 3.8) is 0 Å². The highest BCUT2D eigenvalue weighted by atomic mass is 16.5. The van der Waals surface area contributed by atoms with Gasteiger partial charge >= 0.3 is 0 Å². The minimum absolute atomic E-state index is 0.194. The van der Waals surface area contributed by atoms with E-state index in [4.69, 9.17) is 9.15 Å². The Morgan fingerprint density at radius 3 is 2.34 bits per heavy atom. The Bertz CT molecular complexity index is 1100. The van der Waals surface area contributed by atoms with Crippen LogP contribution in [0.2, 0.25) is 0 Å². The zero-order chi connectivity index (χ0) is 22.6. The molecule has 0 radical (unpaired) electrons. The maximum absolute atomic E-state index is 5.72. The van der Waals surface area contributed by atoms with Gasteiger partial charge in [-0.05, 0) is 66.6 Å². The van der Waals surface area contributed by atoms with Gasteiger partial charge in [0.2, 0.25) is 0 Å². The average Bonchev–Trinajstić information content (AvgIpc) is 3.47. The molecule has 2 aromatic heterocycles. The molecule has 0 aliphatic heterocycles. The zero-order valence-corrected chi connectivity index (χ0v) is 19.0. The van der Waals surface area contributed by atoms with Gasteiger partial charge in [0.15, 0.2) is 5.82 Å². The van der Waals surface area contributed by atoms with Crippen molar-refractivity contribution >= 4 is 0 Å². The summed E-state index contributed by atoms with van der Waals surface area (Å²) in [4.78, 5) is 2.34. The lowest BCUT2D eigenvalue weighted by Gasteiger charge is -2.32. The number of aromatic nitrogens is 4. The predicted octanol–water partition coefficient (Wildman–Crippen LogP) is 4.82. The average molecular weight is 432 g/mol. The van der Waals surface area contributed by atoms with Crippen molar-refractivity contribution in [3.05, 3.63) is 95.7 Å². The van der Waals surface area contributed by atoms with Gasteiger partial charge in [-0.2, -0.15) is 0 Å². The number of hydrogen-bond donors (Lipinski definition) is 0. The summed E-state index contributed by atoms with van der Waals surface area (Å²) < 4.78 is 13.0. The Morgan fingerprint density at radius 1 is 0.969 bits per heavy atom. The lowest BCUT2D eigenvalue weighted by molar-refractivity contribution is 0.172. The third-order valence-electron chi connectivity index (χ3n) is 5.34. The molecule has 0 N–H and O–H groups in total. The molecule has 0 amide bonds. The molecule has 0 fully saturated rings. The normalized spacial score (nSPS) is 12.8. The second kappa shape index (κ2) is 9.36. The molecule has 0 aliphatic rings. The lowest BCUT2D eigenvalue weighted by atomic mass is 10.0. The highest BCUT2D eigenvalue weighted by Crippen LogP contribution is 2.33. The molecule has 0 saturated carbocycles. The van der Waals surface area contributed by atoms with Crippen LogP contribution in [0.4, 0.5) is 0 Å². The molecule has 0 bridgehead atoms. The van der Waals surface area contributed by atoms with Crippen molar-refractivity contribution in [2.24, 2.45) is 0 Å². The van der Waals surface area contributed by atoms with Crippen molar-refractivity contribution in [2.75, 3.05) is 7.11 Å². The first kappa shape index (κ1) is 21.8. The maximum Gasteiger partial charge on any atom is 0.173 e. The molecule has 7 heteroatoms. The molecule has 0 unspecified atom stereocenters. The summed E-state index contributed by atoms with van der Waals surface area (Å²) in [7, 11) is 1.67. The van der Waals surface area contributed by atoms with Crippen molar-refractivity contribution in [1.29, 1.82) is 0 Å². The molecular weight excluding hydrogens is 402 g/mol. The lowest BCUT2D eigenvalue weighted by Crippen LogP contribution is -2.34. The number of hydrogen-bond acceptors (Lipinski definition) is 6. The highest BCUT2D eigenvalue weighted by Gasteiger charge is 2.32. The van der Waals surface area contributed by atoms with Crippen molar-refractivity contribution in [3.8, 4) is 5.75 Å². The summed E-state index contributed by atoms with van der Waals surface area (Å²) in [6, 6.07) is 22.2. The molecular formula is C25H29N5O2. The fraction of sp³-hybridized carbons (Fsp3) is 0.320. The van der Waals surface area contributed by atoms with Crippen LogP contribution in [0.15, 0.2) is 77.4 Å². The number of nitrogens with zero attached hydrogens (tertiary/aromatic N) is 5. The molecule has 4 aromatic rings. The van der Waals surface area contributed by atoms with Crippen LogP contribution in [0.5, 0.6) is 5.75 Å². The van der Waals surface area contributed by atoms with Crippen molar-refractivity contribution in [1.82, 2.24) is 25.1 Å². The van der Waals surface area contributed by atoms with Crippen LogP contribution < -0.4 is 4.74 Å². The minimum atomic E-state index is -0.271. The molecule has 7 nitrogen and oxygen atoms in total. The third-order valence-corrected chi connectivity index (χ3v) is 5.34. The number of methoxy groups -OCH3 is 1. The Balaban J connectivity index is 1.83. The topological polar surface area (TPSA) is 69.2 Å². The minimum Gasteiger partial charge on any atom is -0.497 e. The number of tetrazole rings is 1. The Hall–Kier alpha value is -3.45. The largest absolute Gasteiger partial charge is 0.497 e. The quantitative estimate of drug-likeness (QED) is 0.398. The Kier molecular flexibility index (Phi) is 6.37. The van der Waals surface area contributed by atoms with Gasteiger partial charge in [0.05, 0.1) is 31.5 Å². The maximum atomic E-state index is 5.72. The highest BCUT2D eigenvalue weighted by molar-refractivity contribution is 5.32. The van der Waals surface area contributed by atoms with E-state index in [2.05, 4.69) is 77.6 Å². The van der Waals surface area contributed by atoms with Gasteiger partial charge in [-0.15, -0.1) is 5.10 Å². The van der Waals surface area contributed by atoms with E-state index in [9.17, 15) is 0 Å². The van der Waals surface area contributed by atoms with Crippen LogP contribution in [0.3, 0.4) is 0 Å². The van der Waals surface area contributed by atoms with E-state index in [1.807, 2.05) is 35.0 Å². The summed E-state index contributed by atoms with van der Waals surface area (Å²) in [5, 5.41) is 12.9. The SMILES string of the molecule is COc1ccc([C@@H](c2nnnn2C(C)(C)C)N(Cc2ccccc2)Cc2ccco2)cc1. The van der Waals surface area contributed by atoms with Gasteiger partial charge in [0.1, 0.15) is 11.5 Å². The van der Waals surface area contributed by atoms with E-state index >= 15 is 0 Å². The molecule has 4 rings (SSSR count).